The molecule has 3 heterocycles. The lowest BCUT2D eigenvalue weighted by atomic mass is 9.94. The maximum absolute atomic E-state index is 13.6. The molecule has 0 unspecified atom stereocenters. The maximum atomic E-state index is 13.6. The highest BCUT2D eigenvalue weighted by atomic mass is 16.9. The van der Waals surface area contributed by atoms with Crippen LogP contribution in [0, 0.1) is 0 Å². The van der Waals surface area contributed by atoms with Crippen molar-refractivity contribution < 1.29 is 33.2 Å². The van der Waals surface area contributed by atoms with Crippen molar-refractivity contribution in [2.24, 2.45) is 0 Å². The topological polar surface area (TPSA) is 84.5 Å². The number of benzene rings is 1. The molecular formula is C29H41NO7. The summed E-state index contributed by atoms with van der Waals surface area (Å²) in [6.45, 7) is 2.87. The van der Waals surface area contributed by atoms with E-state index in [2.05, 4.69) is 12.2 Å². The van der Waals surface area contributed by atoms with Gasteiger partial charge in [-0.3, -0.25) is 4.79 Å². The average Bonchev–Trinajstić information content (AvgIpc) is 3.45. The average molecular weight is 516 g/mol. The molecule has 5 atom stereocenters. The van der Waals surface area contributed by atoms with E-state index in [0.29, 0.717) is 12.3 Å². The quantitative estimate of drug-likeness (QED) is 0.484. The van der Waals surface area contributed by atoms with Crippen molar-refractivity contribution in [2.45, 2.75) is 133 Å². The molecular weight excluding hydrogens is 474 g/mol. The van der Waals surface area contributed by atoms with Gasteiger partial charge in [0.1, 0.15) is 24.1 Å². The zero-order valence-corrected chi connectivity index (χ0v) is 22.0. The fourth-order valence-electron chi connectivity index (χ4n) is 6.56. The van der Waals surface area contributed by atoms with Gasteiger partial charge in [0.2, 0.25) is 0 Å². The minimum Gasteiger partial charge on any atom is -0.494 e. The molecule has 2 aliphatic carbocycles. The lowest BCUT2D eigenvalue weighted by molar-refractivity contribution is -0.246. The highest BCUT2D eigenvalue weighted by molar-refractivity contribution is 5.94. The van der Waals surface area contributed by atoms with Crippen molar-refractivity contribution in [3.05, 3.63) is 24.3 Å². The minimum absolute atomic E-state index is 0.255. The van der Waals surface area contributed by atoms with E-state index in [1.807, 2.05) is 24.3 Å². The van der Waals surface area contributed by atoms with E-state index in [1.165, 1.54) is 12.8 Å². The molecule has 8 nitrogen and oxygen atoms in total. The van der Waals surface area contributed by atoms with Gasteiger partial charge in [-0.2, -0.15) is 0 Å². The number of carbonyl (C=O) groups excluding carboxylic acids is 1. The zero-order chi connectivity index (χ0) is 25.3. The molecule has 5 fully saturated rings. The molecule has 1 N–H and O–H groups in total. The number of ether oxygens (including phenoxy) is 6. The molecule has 0 aromatic heterocycles. The van der Waals surface area contributed by atoms with Gasteiger partial charge in [-0.25, -0.2) is 0 Å². The molecule has 0 radical (unpaired) electrons. The van der Waals surface area contributed by atoms with Crippen LogP contribution in [0.25, 0.3) is 0 Å². The summed E-state index contributed by atoms with van der Waals surface area (Å²) in [5.41, 5.74) is 0.687. The molecule has 3 aliphatic heterocycles. The molecule has 1 aromatic carbocycles. The van der Waals surface area contributed by atoms with Gasteiger partial charge in [-0.05, 0) is 56.4 Å². The van der Waals surface area contributed by atoms with E-state index in [9.17, 15) is 4.79 Å². The number of fused-ring (bicyclic) bond motifs is 3. The van der Waals surface area contributed by atoms with Crippen LogP contribution in [-0.4, -0.2) is 54.8 Å². The Morgan fingerprint density at radius 1 is 0.838 bits per heavy atom. The van der Waals surface area contributed by atoms with Gasteiger partial charge in [0.05, 0.1) is 6.61 Å². The number of amides is 1. The van der Waals surface area contributed by atoms with Crippen LogP contribution in [0.5, 0.6) is 5.75 Å². The third kappa shape index (κ3) is 5.28. The van der Waals surface area contributed by atoms with Gasteiger partial charge in [-0.1, -0.05) is 32.6 Å². The van der Waals surface area contributed by atoms with E-state index < -0.39 is 42.3 Å². The summed E-state index contributed by atoms with van der Waals surface area (Å²) in [6.07, 6.45) is 10.5. The predicted molar refractivity (Wildman–Crippen MR) is 136 cm³/mol. The second-order valence-electron chi connectivity index (χ2n) is 11.3. The largest absolute Gasteiger partial charge is 0.494 e. The van der Waals surface area contributed by atoms with Gasteiger partial charge < -0.3 is 33.7 Å². The third-order valence-corrected chi connectivity index (χ3v) is 8.51. The van der Waals surface area contributed by atoms with Crippen molar-refractivity contribution in [3.63, 3.8) is 0 Å². The summed E-state index contributed by atoms with van der Waals surface area (Å²) < 4.78 is 38.3. The molecule has 2 spiro atoms. The van der Waals surface area contributed by atoms with Gasteiger partial charge in [-0.15, -0.1) is 0 Å². The number of carbonyl (C=O) groups is 1. The van der Waals surface area contributed by atoms with Crippen molar-refractivity contribution >= 4 is 11.6 Å². The lowest BCUT2D eigenvalue weighted by Gasteiger charge is -2.36. The second-order valence-corrected chi connectivity index (χ2v) is 11.3. The Balaban J connectivity index is 1.16. The van der Waals surface area contributed by atoms with Crippen LogP contribution in [0.1, 0.15) is 90.4 Å². The summed E-state index contributed by atoms with van der Waals surface area (Å²) in [7, 11) is 0. The highest BCUT2D eigenvalue weighted by Crippen LogP contribution is 2.51. The number of rotatable bonds is 7. The van der Waals surface area contributed by atoms with Crippen LogP contribution in [0.4, 0.5) is 5.69 Å². The van der Waals surface area contributed by atoms with Gasteiger partial charge >= 0.3 is 0 Å². The summed E-state index contributed by atoms with van der Waals surface area (Å²) in [5.74, 6) is -0.753. The fraction of sp³-hybridized carbons (Fsp3) is 0.759. The Morgan fingerprint density at radius 2 is 1.46 bits per heavy atom. The normalized spacial score (nSPS) is 33.7. The Hall–Kier alpha value is -1.71. The van der Waals surface area contributed by atoms with Crippen molar-refractivity contribution in [3.8, 4) is 5.75 Å². The maximum Gasteiger partial charge on any atom is 0.256 e. The Kier molecular flexibility index (Phi) is 7.47. The van der Waals surface area contributed by atoms with Crippen LogP contribution in [0.15, 0.2) is 24.3 Å². The molecule has 3 saturated heterocycles. The minimum atomic E-state index is -0.847. The predicted octanol–water partition coefficient (Wildman–Crippen LogP) is 5.44. The molecule has 5 aliphatic rings. The Bertz CT molecular complexity index is 925. The molecule has 6 rings (SSSR count). The second kappa shape index (κ2) is 10.8. The van der Waals surface area contributed by atoms with Crippen molar-refractivity contribution in [1.29, 1.82) is 0 Å². The molecule has 8 heteroatoms. The molecule has 37 heavy (non-hydrogen) atoms. The lowest BCUT2D eigenvalue weighted by Crippen LogP contribution is -2.58. The first-order valence-corrected chi connectivity index (χ1v) is 14.5. The first kappa shape index (κ1) is 25.6. The van der Waals surface area contributed by atoms with Gasteiger partial charge in [0, 0.05) is 31.4 Å². The number of unbranched alkanes of at least 4 members (excludes halogenated alkanes) is 2. The van der Waals surface area contributed by atoms with E-state index in [0.717, 1.165) is 76.4 Å². The van der Waals surface area contributed by atoms with Crippen molar-refractivity contribution in [1.82, 2.24) is 0 Å². The van der Waals surface area contributed by atoms with Crippen LogP contribution < -0.4 is 10.1 Å². The summed E-state index contributed by atoms with van der Waals surface area (Å²) >= 11 is 0. The molecule has 2 saturated carbocycles. The van der Waals surface area contributed by atoms with E-state index in [1.54, 1.807) is 0 Å². The van der Waals surface area contributed by atoms with Crippen LogP contribution in [0.2, 0.25) is 0 Å². The number of anilines is 1. The molecule has 0 bridgehead atoms. The summed E-state index contributed by atoms with van der Waals surface area (Å²) in [6, 6.07) is 7.48. The van der Waals surface area contributed by atoms with Crippen LogP contribution >= 0.6 is 0 Å². The SMILES string of the molecule is CCCCCOc1ccc(NC(=O)[C@@H]2O[C@@H]3OC4(CCCCC4)O[C@@H]3[C@@H]3OC4(CCCCC4)O[C@@H]32)cc1. The first-order chi connectivity index (χ1) is 18.1. The molecule has 204 valence electrons. The van der Waals surface area contributed by atoms with E-state index >= 15 is 0 Å². The van der Waals surface area contributed by atoms with E-state index in [-0.39, 0.29) is 5.91 Å². The van der Waals surface area contributed by atoms with Gasteiger partial charge in [0.25, 0.3) is 5.91 Å². The van der Waals surface area contributed by atoms with Crippen LogP contribution in [-0.2, 0) is 28.5 Å². The smallest absolute Gasteiger partial charge is 0.256 e. The zero-order valence-electron chi connectivity index (χ0n) is 22.0. The number of hydrogen-bond donors (Lipinski definition) is 1. The highest BCUT2D eigenvalue weighted by Gasteiger charge is 2.65. The summed E-state index contributed by atoms with van der Waals surface area (Å²) in [4.78, 5) is 13.6. The third-order valence-electron chi connectivity index (χ3n) is 8.51. The standard InChI is InChI=1S/C29H41NO7/c1-2-3-10-19-32-21-13-11-20(12-14-21)30-26(31)24-22-23(35-28(34-22)15-6-4-7-16-28)25-27(33-24)37-29(36-25)17-8-5-9-18-29/h11-14,22-25,27H,2-10,15-19H2,1H3,(H,30,31)/t22-,23+,24+,25+,27+/m0/s1. The Morgan fingerprint density at radius 3 is 2.14 bits per heavy atom. The number of nitrogens with one attached hydrogen (secondary N) is 1. The first-order valence-electron chi connectivity index (χ1n) is 14.5. The molecule has 1 aromatic rings. The number of hydrogen-bond acceptors (Lipinski definition) is 7. The van der Waals surface area contributed by atoms with E-state index in [4.69, 9.17) is 28.4 Å². The fourth-order valence-corrected chi connectivity index (χ4v) is 6.56. The molecule has 1 amide bonds. The van der Waals surface area contributed by atoms with Gasteiger partial charge in [0.15, 0.2) is 24.0 Å². The van der Waals surface area contributed by atoms with Crippen molar-refractivity contribution in [2.75, 3.05) is 11.9 Å². The monoisotopic (exact) mass is 515 g/mol. The Labute approximate surface area is 219 Å². The van der Waals surface area contributed by atoms with Crippen LogP contribution in [0.3, 0.4) is 0 Å². The summed E-state index contributed by atoms with van der Waals surface area (Å²) in [5, 5.41) is 3.02.